The highest BCUT2D eigenvalue weighted by Crippen LogP contribution is 2.33. The molecule has 18 heavy (non-hydrogen) atoms. The van der Waals surface area contributed by atoms with Crippen LogP contribution in [0.15, 0.2) is 33.2 Å². The van der Waals surface area contributed by atoms with Crippen LogP contribution >= 0.6 is 43.5 Å². The second-order valence-electron chi connectivity index (χ2n) is 4.00. The molecule has 2 rings (SSSR count). The molecule has 1 atom stereocenters. The molecule has 0 aliphatic carbocycles. The number of amides is 1. The average molecular weight is 394 g/mol. The Morgan fingerprint density at radius 3 is 2.78 bits per heavy atom. The molecule has 1 aliphatic heterocycles. The van der Waals surface area contributed by atoms with Crippen LogP contribution in [0.1, 0.15) is 18.9 Å². The van der Waals surface area contributed by atoms with Crippen LogP contribution in [0.25, 0.3) is 5.70 Å². The predicted octanol–water partition coefficient (Wildman–Crippen LogP) is 4.41. The van der Waals surface area contributed by atoms with Crippen LogP contribution in [0.4, 0.5) is 0 Å². The molecule has 0 saturated carbocycles. The van der Waals surface area contributed by atoms with Gasteiger partial charge in [-0.25, -0.2) is 0 Å². The number of carbonyl (C=O) groups is 1. The molecule has 1 amide bonds. The van der Waals surface area contributed by atoms with Gasteiger partial charge in [-0.15, -0.1) is 11.6 Å². The molecular formula is C13H12Br2ClNO. The van der Waals surface area contributed by atoms with Crippen molar-refractivity contribution in [3.63, 3.8) is 0 Å². The molecule has 5 heteroatoms. The highest BCUT2D eigenvalue weighted by molar-refractivity contribution is 9.11. The van der Waals surface area contributed by atoms with Crippen LogP contribution < -0.4 is 0 Å². The van der Waals surface area contributed by atoms with Crippen molar-refractivity contribution in [1.29, 1.82) is 0 Å². The van der Waals surface area contributed by atoms with Gasteiger partial charge in [-0.3, -0.25) is 4.79 Å². The molecule has 0 bridgehead atoms. The predicted molar refractivity (Wildman–Crippen MR) is 81.5 cm³/mol. The third kappa shape index (κ3) is 2.65. The van der Waals surface area contributed by atoms with Crippen molar-refractivity contribution < 1.29 is 4.79 Å². The summed E-state index contributed by atoms with van der Waals surface area (Å²) in [4.78, 5) is 13.8. The summed E-state index contributed by atoms with van der Waals surface area (Å²) in [6.07, 6.45) is 2.60. The SMILES string of the molecule is CCN1C(=O)C(Cl)CC=C1c1ccc(Br)cc1Br. The van der Waals surface area contributed by atoms with E-state index in [1.807, 2.05) is 31.2 Å². The Kier molecular flexibility index (Phi) is 4.51. The molecule has 1 unspecified atom stereocenters. The number of hydrogen-bond donors (Lipinski definition) is 0. The Morgan fingerprint density at radius 1 is 1.44 bits per heavy atom. The van der Waals surface area contributed by atoms with Crippen LogP contribution in [-0.4, -0.2) is 22.7 Å². The van der Waals surface area contributed by atoms with E-state index >= 15 is 0 Å². The molecule has 0 fully saturated rings. The van der Waals surface area contributed by atoms with Crippen molar-refractivity contribution in [3.05, 3.63) is 38.8 Å². The molecule has 0 radical (unpaired) electrons. The smallest absolute Gasteiger partial charge is 0.245 e. The molecule has 1 aromatic carbocycles. The minimum Gasteiger partial charge on any atom is -0.311 e. The van der Waals surface area contributed by atoms with Crippen molar-refractivity contribution in [2.24, 2.45) is 0 Å². The van der Waals surface area contributed by atoms with Gasteiger partial charge >= 0.3 is 0 Å². The van der Waals surface area contributed by atoms with Gasteiger partial charge in [-0.2, -0.15) is 0 Å². The highest BCUT2D eigenvalue weighted by atomic mass is 79.9. The molecule has 1 aliphatic rings. The number of allylic oxidation sites excluding steroid dienone is 1. The Bertz CT molecular complexity index is 516. The number of alkyl halides is 1. The molecule has 0 N–H and O–H groups in total. The van der Waals surface area contributed by atoms with Gasteiger partial charge in [-0.1, -0.05) is 44.0 Å². The third-order valence-corrected chi connectivity index (χ3v) is 4.38. The normalized spacial score (nSPS) is 20.0. The largest absolute Gasteiger partial charge is 0.311 e. The van der Waals surface area contributed by atoms with Crippen molar-refractivity contribution in [3.8, 4) is 0 Å². The summed E-state index contributed by atoms with van der Waals surface area (Å²) in [5.41, 5.74) is 1.94. The van der Waals surface area contributed by atoms with Crippen molar-refractivity contribution >= 4 is 55.1 Å². The summed E-state index contributed by atoms with van der Waals surface area (Å²) < 4.78 is 1.96. The van der Waals surface area contributed by atoms with Crippen LogP contribution in [0.5, 0.6) is 0 Å². The van der Waals surface area contributed by atoms with Crippen LogP contribution in [-0.2, 0) is 4.79 Å². The van der Waals surface area contributed by atoms with E-state index in [1.54, 1.807) is 4.90 Å². The summed E-state index contributed by atoms with van der Waals surface area (Å²) >= 11 is 13.0. The number of carbonyl (C=O) groups excluding carboxylic acids is 1. The number of benzene rings is 1. The molecule has 1 aromatic rings. The van der Waals surface area contributed by atoms with Gasteiger partial charge in [0.1, 0.15) is 5.38 Å². The fourth-order valence-electron chi connectivity index (χ4n) is 1.99. The Hall–Kier alpha value is -0.320. The first kappa shape index (κ1) is 14.1. The van der Waals surface area contributed by atoms with Gasteiger partial charge in [-0.05, 0) is 25.5 Å². The second kappa shape index (κ2) is 5.76. The monoisotopic (exact) mass is 391 g/mol. The first-order valence-electron chi connectivity index (χ1n) is 5.65. The fourth-order valence-corrected chi connectivity index (χ4v) is 3.45. The lowest BCUT2D eigenvalue weighted by atomic mass is 10.0. The van der Waals surface area contributed by atoms with E-state index in [-0.39, 0.29) is 5.91 Å². The molecule has 0 aromatic heterocycles. The van der Waals surface area contributed by atoms with Gasteiger partial charge in [0.15, 0.2) is 0 Å². The fraction of sp³-hybridized carbons (Fsp3) is 0.308. The standard InChI is InChI=1S/C13H12Br2ClNO/c1-2-17-12(6-5-11(16)13(17)18)9-4-3-8(14)7-10(9)15/h3-4,6-7,11H,2,5H2,1H3. The van der Waals surface area contributed by atoms with Crippen molar-refractivity contribution in [1.82, 2.24) is 4.90 Å². The number of halogens is 3. The lowest BCUT2D eigenvalue weighted by molar-refractivity contribution is -0.127. The highest BCUT2D eigenvalue weighted by Gasteiger charge is 2.29. The van der Waals surface area contributed by atoms with Gasteiger partial charge in [0.05, 0.1) is 0 Å². The number of rotatable bonds is 2. The van der Waals surface area contributed by atoms with Crippen LogP contribution in [0.3, 0.4) is 0 Å². The maximum absolute atomic E-state index is 12.0. The number of nitrogens with zero attached hydrogens (tertiary/aromatic N) is 1. The average Bonchev–Trinajstić information content (AvgIpc) is 2.33. The Morgan fingerprint density at radius 2 is 2.17 bits per heavy atom. The van der Waals surface area contributed by atoms with E-state index in [9.17, 15) is 4.79 Å². The minimum atomic E-state index is -0.442. The van der Waals surface area contributed by atoms with E-state index in [0.717, 1.165) is 20.2 Å². The first-order chi connectivity index (χ1) is 8.54. The second-order valence-corrected chi connectivity index (χ2v) is 6.30. The number of hydrogen-bond acceptors (Lipinski definition) is 1. The Labute approximate surface area is 128 Å². The molecule has 96 valence electrons. The van der Waals surface area contributed by atoms with E-state index in [0.29, 0.717) is 13.0 Å². The van der Waals surface area contributed by atoms with Gasteiger partial charge < -0.3 is 4.90 Å². The molecule has 0 spiro atoms. The lowest BCUT2D eigenvalue weighted by Gasteiger charge is -2.30. The zero-order valence-corrected chi connectivity index (χ0v) is 13.7. The molecular weight excluding hydrogens is 381 g/mol. The van der Waals surface area contributed by atoms with E-state index in [2.05, 4.69) is 31.9 Å². The topological polar surface area (TPSA) is 20.3 Å². The molecule has 1 heterocycles. The zero-order valence-electron chi connectivity index (χ0n) is 9.79. The summed E-state index contributed by atoms with van der Waals surface area (Å²) in [6, 6.07) is 5.93. The van der Waals surface area contributed by atoms with E-state index in [4.69, 9.17) is 11.6 Å². The molecule has 0 saturated heterocycles. The van der Waals surface area contributed by atoms with Gasteiger partial charge in [0, 0.05) is 26.8 Å². The van der Waals surface area contributed by atoms with Gasteiger partial charge in [0.2, 0.25) is 5.91 Å². The van der Waals surface area contributed by atoms with Crippen molar-refractivity contribution in [2.75, 3.05) is 6.54 Å². The Balaban J connectivity index is 2.45. The maximum atomic E-state index is 12.0. The summed E-state index contributed by atoms with van der Waals surface area (Å²) in [7, 11) is 0. The summed E-state index contributed by atoms with van der Waals surface area (Å²) in [6.45, 7) is 2.57. The van der Waals surface area contributed by atoms with E-state index < -0.39 is 5.38 Å². The zero-order chi connectivity index (χ0) is 13.3. The van der Waals surface area contributed by atoms with Gasteiger partial charge in [0.25, 0.3) is 0 Å². The first-order valence-corrected chi connectivity index (χ1v) is 7.68. The maximum Gasteiger partial charge on any atom is 0.245 e. The van der Waals surface area contributed by atoms with Crippen LogP contribution in [0, 0.1) is 0 Å². The van der Waals surface area contributed by atoms with Crippen molar-refractivity contribution in [2.45, 2.75) is 18.7 Å². The molecule has 2 nitrogen and oxygen atoms in total. The quantitative estimate of drug-likeness (QED) is 0.682. The minimum absolute atomic E-state index is 0.0218. The summed E-state index contributed by atoms with van der Waals surface area (Å²) in [5, 5.41) is -0.442. The third-order valence-electron chi connectivity index (χ3n) is 2.87. The van der Waals surface area contributed by atoms with E-state index in [1.165, 1.54) is 0 Å². The lowest BCUT2D eigenvalue weighted by Crippen LogP contribution is -2.38. The summed E-state index contributed by atoms with van der Waals surface area (Å²) in [5.74, 6) is -0.0218. The van der Waals surface area contributed by atoms with Crippen LogP contribution in [0.2, 0.25) is 0 Å².